The van der Waals surface area contributed by atoms with E-state index >= 15 is 0 Å². The predicted molar refractivity (Wildman–Crippen MR) is 78.9 cm³/mol. The van der Waals surface area contributed by atoms with Crippen molar-refractivity contribution in [1.29, 1.82) is 0 Å². The number of halogens is 3. The Morgan fingerprint density at radius 3 is 2.65 bits per heavy atom. The van der Waals surface area contributed by atoms with Crippen molar-refractivity contribution in [2.45, 2.75) is 18.7 Å². The molecule has 0 aliphatic carbocycles. The molecule has 0 aromatic carbocycles. The summed E-state index contributed by atoms with van der Waals surface area (Å²) in [6.07, 6.45) is 1.36. The van der Waals surface area contributed by atoms with Crippen LogP contribution in [0.5, 0.6) is 0 Å². The van der Waals surface area contributed by atoms with E-state index in [1.165, 1.54) is 0 Å². The van der Waals surface area contributed by atoms with Crippen molar-refractivity contribution in [2.24, 2.45) is 4.99 Å². The van der Waals surface area contributed by atoms with E-state index in [2.05, 4.69) is 9.98 Å². The minimum atomic E-state index is -4.60. The summed E-state index contributed by atoms with van der Waals surface area (Å²) in [5, 5.41) is 9.12. The fourth-order valence-corrected chi connectivity index (χ4v) is 2.37. The lowest BCUT2D eigenvalue weighted by Crippen LogP contribution is -2.38. The fourth-order valence-electron chi connectivity index (χ4n) is 2.37. The third kappa shape index (κ3) is 3.37. The van der Waals surface area contributed by atoms with Crippen molar-refractivity contribution < 1.29 is 18.3 Å². The zero-order valence-electron chi connectivity index (χ0n) is 12.1. The topological polar surface area (TPSA) is 52.0 Å². The van der Waals surface area contributed by atoms with Crippen molar-refractivity contribution in [3.63, 3.8) is 0 Å². The van der Waals surface area contributed by atoms with Crippen molar-refractivity contribution in [1.82, 2.24) is 14.8 Å². The number of pyridine rings is 1. The largest absolute Gasteiger partial charge is 0.414 e. The number of aliphatic hydroxyl groups excluding tert-OH is 1. The highest BCUT2D eigenvalue weighted by molar-refractivity contribution is 5.91. The molecule has 23 heavy (non-hydrogen) atoms. The molecule has 1 aromatic heterocycles. The van der Waals surface area contributed by atoms with Gasteiger partial charge in [-0.2, -0.15) is 13.2 Å². The first-order valence-electron chi connectivity index (χ1n) is 7.11. The molecule has 0 amide bonds. The normalized spacial score (nSPS) is 18.6. The molecule has 122 valence electrons. The van der Waals surface area contributed by atoms with E-state index in [1.54, 1.807) is 29.7 Å². The SMILES string of the molecule is O[C@@H](CCN1C=CN2CC=C(c3ccncc3)N=C21)C(F)(F)F. The van der Waals surface area contributed by atoms with Gasteiger partial charge < -0.3 is 14.9 Å². The van der Waals surface area contributed by atoms with Gasteiger partial charge in [0.2, 0.25) is 5.96 Å². The Morgan fingerprint density at radius 2 is 1.96 bits per heavy atom. The number of nitrogens with zero attached hydrogens (tertiary/aromatic N) is 4. The van der Waals surface area contributed by atoms with Gasteiger partial charge in [-0.1, -0.05) is 0 Å². The standard InChI is InChI=1S/C15H15F3N4O/c16-15(17,18)13(23)4-8-22-10-9-21-7-3-12(20-14(21)22)11-1-5-19-6-2-11/h1-3,5-6,9-10,13,23H,4,7-8H2/t13-/m0/s1. The Bertz CT molecular complexity index is 654. The maximum atomic E-state index is 12.4. The van der Waals surface area contributed by atoms with Crippen molar-refractivity contribution >= 4 is 11.7 Å². The first kappa shape index (κ1) is 15.5. The number of hydrogen-bond acceptors (Lipinski definition) is 5. The van der Waals surface area contributed by atoms with Gasteiger partial charge >= 0.3 is 6.18 Å². The highest BCUT2D eigenvalue weighted by Gasteiger charge is 2.38. The first-order chi connectivity index (χ1) is 10.9. The number of aromatic nitrogens is 1. The molecule has 0 saturated carbocycles. The van der Waals surface area contributed by atoms with Crippen LogP contribution in [0.15, 0.2) is 48.0 Å². The molecule has 2 aliphatic rings. The Labute approximate surface area is 131 Å². The highest BCUT2D eigenvalue weighted by atomic mass is 19.4. The second-order valence-electron chi connectivity index (χ2n) is 5.23. The van der Waals surface area contributed by atoms with Crippen molar-refractivity contribution in [2.75, 3.05) is 13.1 Å². The minimum Gasteiger partial charge on any atom is -0.384 e. The average Bonchev–Trinajstić information content (AvgIpc) is 2.94. The molecule has 0 spiro atoms. The second-order valence-corrected chi connectivity index (χ2v) is 5.23. The van der Waals surface area contributed by atoms with Gasteiger partial charge in [0, 0.05) is 49.9 Å². The van der Waals surface area contributed by atoms with Gasteiger partial charge in [0.05, 0.1) is 5.70 Å². The maximum Gasteiger partial charge on any atom is 0.414 e. The van der Waals surface area contributed by atoms with E-state index in [0.717, 1.165) is 11.3 Å². The number of guanidine groups is 1. The summed E-state index contributed by atoms with van der Waals surface area (Å²) < 4.78 is 37.2. The van der Waals surface area contributed by atoms with Gasteiger partial charge in [-0.15, -0.1) is 0 Å². The summed E-state index contributed by atoms with van der Waals surface area (Å²) in [6, 6.07) is 3.65. The number of fused-ring (bicyclic) bond motifs is 1. The number of alkyl halides is 3. The van der Waals surface area contributed by atoms with Crippen LogP contribution >= 0.6 is 0 Å². The molecule has 2 aliphatic heterocycles. The van der Waals surface area contributed by atoms with Crippen LogP contribution < -0.4 is 0 Å². The molecule has 5 nitrogen and oxygen atoms in total. The van der Waals surface area contributed by atoms with Crippen molar-refractivity contribution in [3.05, 3.63) is 48.6 Å². The van der Waals surface area contributed by atoms with Crippen LogP contribution in [0.25, 0.3) is 5.70 Å². The van der Waals surface area contributed by atoms with Crippen LogP contribution in [0.2, 0.25) is 0 Å². The summed E-state index contributed by atoms with van der Waals surface area (Å²) in [4.78, 5) is 11.9. The predicted octanol–water partition coefficient (Wildman–Crippen LogP) is 2.19. The molecule has 0 fully saturated rings. The van der Waals surface area contributed by atoms with E-state index in [1.807, 2.05) is 23.1 Å². The molecule has 0 saturated heterocycles. The van der Waals surface area contributed by atoms with Crippen LogP contribution in [0.1, 0.15) is 12.0 Å². The zero-order valence-corrected chi connectivity index (χ0v) is 12.1. The fraction of sp³-hybridized carbons (Fsp3) is 0.333. The van der Waals surface area contributed by atoms with E-state index in [-0.39, 0.29) is 6.54 Å². The number of aliphatic imine (C=N–C) groups is 1. The second kappa shape index (κ2) is 6.04. The summed E-state index contributed by atoms with van der Waals surface area (Å²) in [6.45, 7) is 0.626. The molecule has 3 rings (SSSR count). The smallest absolute Gasteiger partial charge is 0.384 e. The summed E-state index contributed by atoms with van der Waals surface area (Å²) in [5.41, 5.74) is 1.65. The Morgan fingerprint density at radius 1 is 1.22 bits per heavy atom. The van der Waals surface area contributed by atoms with Crippen LogP contribution in [0.4, 0.5) is 13.2 Å². The molecule has 1 aromatic rings. The van der Waals surface area contributed by atoms with E-state index in [4.69, 9.17) is 5.11 Å². The quantitative estimate of drug-likeness (QED) is 0.922. The van der Waals surface area contributed by atoms with Crippen LogP contribution in [-0.2, 0) is 0 Å². The number of hydrogen-bond donors (Lipinski definition) is 1. The van der Waals surface area contributed by atoms with Gasteiger partial charge in [-0.3, -0.25) is 4.98 Å². The van der Waals surface area contributed by atoms with E-state index < -0.39 is 18.7 Å². The minimum absolute atomic E-state index is 0.0378. The van der Waals surface area contributed by atoms with Crippen LogP contribution in [-0.4, -0.2) is 51.2 Å². The van der Waals surface area contributed by atoms with Gasteiger partial charge in [-0.05, 0) is 18.2 Å². The van der Waals surface area contributed by atoms with Gasteiger partial charge in [0.25, 0.3) is 0 Å². The van der Waals surface area contributed by atoms with Crippen LogP contribution in [0, 0.1) is 0 Å². The van der Waals surface area contributed by atoms with Gasteiger partial charge in [0.15, 0.2) is 6.10 Å². The Balaban J connectivity index is 1.71. The van der Waals surface area contributed by atoms with Crippen LogP contribution in [0.3, 0.4) is 0 Å². The summed E-state index contributed by atoms with van der Waals surface area (Å²) >= 11 is 0. The molecule has 0 bridgehead atoms. The highest BCUT2D eigenvalue weighted by Crippen LogP contribution is 2.26. The average molecular weight is 324 g/mol. The van der Waals surface area contributed by atoms with Gasteiger partial charge in [-0.25, -0.2) is 4.99 Å². The zero-order chi connectivity index (χ0) is 16.4. The maximum absolute atomic E-state index is 12.4. The molecular formula is C15H15F3N4O. The van der Waals surface area contributed by atoms with E-state index in [0.29, 0.717) is 12.5 Å². The lowest BCUT2D eigenvalue weighted by atomic mass is 10.2. The molecule has 3 heterocycles. The third-order valence-electron chi connectivity index (χ3n) is 3.64. The molecule has 8 heteroatoms. The molecule has 0 radical (unpaired) electrons. The number of rotatable bonds is 4. The van der Waals surface area contributed by atoms with Gasteiger partial charge in [0.1, 0.15) is 0 Å². The first-order valence-corrected chi connectivity index (χ1v) is 7.11. The number of aliphatic hydroxyl groups is 1. The Hall–Kier alpha value is -2.35. The molecule has 1 N–H and O–H groups in total. The molecular weight excluding hydrogens is 309 g/mol. The lowest BCUT2D eigenvalue weighted by molar-refractivity contribution is -0.205. The van der Waals surface area contributed by atoms with Crippen molar-refractivity contribution in [3.8, 4) is 0 Å². The molecule has 1 atom stereocenters. The molecule has 0 unspecified atom stereocenters. The summed E-state index contributed by atoms with van der Waals surface area (Å²) in [7, 11) is 0. The van der Waals surface area contributed by atoms with E-state index in [9.17, 15) is 13.2 Å². The Kier molecular flexibility index (Phi) is 4.08. The lowest BCUT2D eigenvalue weighted by Gasteiger charge is -2.27. The third-order valence-corrected chi connectivity index (χ3v) is 3.64. The summed E-state index contributed by atoms with van der Waals surface area (Å²) in [5.74, 6) is 0.564. The monoisotopic (exact) mass is 324 g/mol.